The van der Waals surface area contributed by atoms with Crippen molar-refractivity contribution in [2.24, 2.45) is 5.73 Å². The molecule has 1 aliphatic rings. The number of carbonyl (C=O) groups excluding carboxylic acids is 2. The third-order valence-corrected chi connectivity index (χ3v) is 5.91. The quantitative estimate of drug-likeness (QED) is 0.850. The average Bonchev–Trinajstić information content (AvgIpc) is 2.95. The van der Waals surface area contributed by atoms with Crippen LogP contribution in [-0.4, -0.2) is 26.2 Å². The second-order valence-electron chi connectivity index (χ2n) is 5.63. The molecule has 1 amide bonds. The number of nitrogens with two attached hydrogens (primary N) is 1. The van der Waals surface area contributed by atoms with Gasteiger partial charge in [0, 0.05) is 12.0 Å². The molecule has 6 nitrogen and oxygen atoms in total. The smallest absolute Gasteiger partial charge is 0.265 e. The number of rotatable bonds is 4. The Labute approximate surface area is 139 Å². The van der Waals surface area contributed by atoms with E-state index in [-0.39, 0.29) is 17.1 Å². The van der Waals surface area contributed by atoms with E-state index in [4.69, 9.17) is 5.73 Å². The van der Waals surface area contributed by atoms with Gasteiger partial charge in [0.15, 0.2) is 5.78 Å². The van der Waals surface area contributed by atoms with Gasteiger partial charge in [0.2, 0.25) is 5.91 Å². The van der Waals surface area contributed by atoms with Crippen LogP contribution < -0.4 is 10.0 Å². The first-order valence-corrected chi connectivity index (χ1v) is 8.79. The minimum Gasteiger partial charge on any atom is -0.368 e. The summed E-state index contributed by atoms with van der Waals surface area (Å²) in [5.74, 6) is -0.851. The van der Waals surface area contributed by atoms with Gasteiger partial charge in [0.25, 0.3) is 10.0 Å². The van der Waals surface area contributed by atoms with E-state index in [2.05, 4.69) is 0 Å². The summed E-state index contributed by atoms with van der Waals surface area (Å²) in [7, 11) is -3.97. The van der Waals surface area contributed by atoms with Gasteiger partial charge in [-0.25, -0.2) is 8.42 Å². The van der Waals surface area contributed by atoms with Gasteiger partial charge in [-0.05, 0) is 30.7 Å². The van der Waals surface area contributed by atoms with Crippen molar-refractivity contribution in [2.45, 2.75) is 24.3 Å². The molecule has 0 saturated carbocycles. The first-order valence-electron chi connectivity index (χ1n) is 7.35. The summed E-state index contributed by atoms with van der Waals surface area (Å²) < 4.78 is 27.1. The van der Waals surface area contributed by atoms with Crippen molar-refractivity contribution < 1.29 is 18.0 Å². The first-order chi connectivity index (χ1) is 11.3. The number of amides is 1. The number of hydrogen-bond acceptors (Lipinski definition) is 4. The fourth-order valence-corrected chi connectivity index (χ4v) is 4.50. The maximum atomic E-state index is 13.0. The summed E-state index contributed by atoms with van der Waals surface area (Å²) in [6, 6.07) is 11.6. The van der Waals surface area contributed by atoms with Gasteiger partial charge in [-0.2, -0.15) is 0 Å². The van der Waals surface area contributed by atoms with Crippen LogP contribution in [0.15, 0.2) is 53.4 Å². The summed E-state index contributed by atoms with van der Waals surface area (Å²) in [5.41, 5.74) is 7.05. The van der Waals surface area contributed by atoms with E-state index < -0.39 is 22.0 Å². The van der Waals surface area contributed by atoms with Crippen LogP contribution >= 0.6 is 0 Å². The van der Waals surface area contributed by atoms with Crippen LogP contribution in [0.5, 0.6) is 0 Å². The number of anilines is 1. The second-order valence-corrected chi connectivity index (χ2v) is 7.45. The Bertz CT molecular complexity index is 920. The van der Waals surface area contributed by atoms with Crippen molar-refractivity contribution in [3.05, 3.63) is 59.7 Å². The van der Waals surface area contributed by atoms with Crippen LogP contribution in [-0.2, 0) is 21.2 Å². The zero-order valence-electron chi connectivity index (χ0n) is 13.0. The molecular formula is C17H16N2O4S. The fraction of sp³-hybridized carbons (Fsp3) is 0.176. The number of Topliss-reactive ketones (excluding diaryl/α,β-unsaturated/α-hetero) is 1. The van der Waals surface area contributed by atoms with Gasteiger partial charge >= 0.3 is 0 Å². The number of nitrogens with zero attached hydrogens (tertiary/aromatic N) is 1. The predicted molar refractivity (Wildman–Crippen MR) is 89.2 cm³/mol. The lowest BCUT2D eigenvalue weighted by atomic mass is 10.1. The lowest BCUT2D eigenvalue weighted by molar-refractivity contribution is -0.118. The van der Waals surface area contributed by atoms with Crippen molar-refractivity contribution in [1.82, 2.24) is 0 Å². The standard InChI is InChI=1S/C17H16N2O4S/c1-11(20)12-6-8-14(9-7-12)24(22,23)19-15-5-3-2-4-13(15)10-16(19)17(18)21/h2-9,16H,10H2,1H3,(H2,18,21)/t16-/m0/s1. The molecule has 0 spiro atoms. The number of primary amides is 1. The number of para-hydroxylation sites is 1. The molecule has 1 aliphatic heterocycles. The molecule has 2 aromatic rings. The number of hydrogen-bond donors (Lipinski definition) is 1. The Hall–Kier alpha value is -2.67. The highest BCUT2D eigenvalue weighted by Crippen LogP contribution is 2.36. The van der Waals surface area contributed by atoms with E-state index in [1.807, 2.05) is 0 Å². The third-order valence-electron chi connectivity index (χ3n) is 4.07. The normalized spacial score (nSPS) is 16.7. The van der Waals surface area contributed by atoms with Crippen LogP contribution in [0.3, 0.4) is 0 Å². The van der Waals surface area contributed by atoms with Crippen LogP contribution in [0, 0.1) is 0 Å². The number of sulfonamides is 1. The lowest BCUT2D eigenvalue weighted by Crippen LogP contribution is -2.45. The molecule has 1 heterocycles. The molecule has 3 rings (SSSR count). The molecule has 0 radical (unpaired) electrons. The van der Waals surface area contributed by atoms with Crippen LogP contribution in [0.1, 0.15) is 22.8 Å². The molecule has 0 aliphatic carbocycles. The maximum Gasteiger partial charge on any atom is 0.265 e. The highest BCUT2D eigenvalue weighted by Gasteiger charge is 2.41. The molecule has 0 bridgehead atoms. The minimum absolute atomic E-state index is 0.00968. The molecule has 0 saturated heterocycles. The second kappa shape index (κ2) is 5.76. The summed E-state index contributed by atoms with van der Waals surface area (Å²) in [6.45, 7) is 1.41. The van der Waals surface area contributed by atoms with Gasteiger partial charge in [-0.3, -0.25) is 13.9 Å². The Morgan fingerprint density at radius 2 is 1.71 bits per heavy atom. The van der Waals surface area contributed by atoms with Crippen LogP contribution in [0.4, 0.5) is 5.69 Å². The summed E-state index contributed by atoms with van der Waals surface area (Å²) >= 11 is 0. The van der Waals surface area contributed by atoms with E-state index in [0.29, 0.717) is 11.3 Å². The molecule has 1 atom stereocenters. The third kappa shape index (κ3) is 2.56. The predicted octanol–water partition coefficient (Wildman–Crippen LogP) is 1.49. The van der Waals surface area contributed by atoms with Crippen molar-refractivity contribution in [3.63, 3.8) is 0 Å². The van der Waals surface area contributed by atoms with E-state index in [1.165, 1.54) is 31.2 Å². The number of carbonyl (C=O) groups is 2. The maximum absolute atomic E-state index is 13.0. The van der Waals surface area contributed by atoms with E-state index in [1.54, 1.807) is 24.3 Å². The SMILES string of the molecule is CC(=O)c1ccc(S(=O)(=O)N2c3ccccc3C[C@H]2C(N)=O)cc1. The Morgan fingerprint density at radius 1 is 1.08 bits per heavy atom. The summed E-state index contributed by atoms with van der Waals surface area (Å²) in [5, 5.41) is 0. The van der Waals surface area contributed by atoms with E-state index >= 15 is 0 Å². The minimum atomic E-state index is -3.97. The van der Waals surface area contributed by atoms with Crippen LogP contribution in [0.25, 0.3) is 0 Å². The van der Waals surface area contributed by atoms with E-state index in [0.717, 1.165) is 9.87 Å². The highest BCUT2D eigenvalue weighted by molar-refractivity contribution is 7.93. The highest BCUT2D eigenvalue weighted by atomic mass is 32.2. The number of benzene rings is 2. The monoisotopic (exact) mass is 344 g/mol. The van der Waals surface area contributed by atoms with Crippen LogP contribution in [0.2, 0.25) is 0 Å². The van der Waals surface area contributed by atoms with Crippen molar-refractivity contribution in [1.29, 1.82) is 0 Å². The lowest BCUT2D eigenvalue weighted by Gasteiger charge is -2.25. The average molecular weight is 344 g/mol. The molecule has 2 aromatic carbocycles. The van der Waals surface area contributed by atoms with Gasteiger partial charge < -0.3 is 5.73 Å². The van der Waals surface area contributed by atoms with Crippen molar-refractivity contribution in [2.75, 3.05) is 4.31 Å². The van der Waals surface area contributed by atoms with E-state index in [9.17, 15) is 18.0 Å². The fourth-order valence-electron chi connectivity index (χ4n) is 2.85. The van der Waals surface area contributed by atoms with Crippen molar-refractivity contribution in [3.8, 4) is 0 Å². The number of fused-ring (bicyclic) bond motifs is 1. The Balaban J connectivity index is 2.10. The molecule has 124 valence electrons. The molecular weight excluding hydrogens is 328 g/mol. The largest absolute Gasteiger partial charge is 0.368 e. The molecule has 0 fully saturated rings. The Morgan fingerprint density at radius 3 is 2.29 bits per heavy atom. The number of ketones is 1. The zero-order chi connectivity index (χ0) is 17.5. The molecule has 0 unspecified atom stereocenters. The van der Waals surface area contributed by atoms with Gasteiger partial charge in [-0.1, -0.05) is 30.3 Å². The van der Waals surface area contributed by atoms with Gasteiger partial charge in [0.1, 0.15) is 6.04 Å². The molecule has 7 heteroatoms. The topological polar surface area (TPSA) is 97.5 Å². The summed E-state index contributed by atoms with van der Waals surface area (Å²) in [4.78, 5) is 23.1. The molecule has 0 aromatic heterocycles. The van der Waals surface area contributed by atoms with Gasteiger partial charge in [0.05, 0.1) is 10.6 Å². The summed E-state index contributed by atoms with van der Waals surface area (Å²) in [6.07, 6.45) is 0.246. The van der Waals surface area contributed by atoms with Crippen molar-refractivity contribution >= 4 is 27.4 Å². The molecule has 2 N–H and O–H groups in total. The Kier molecular flexibility index (Phi) is 3.88. The first kappa shape index (κ1) is 16.2. The zero-order valence-corrected chi connectivity index (χ0v) is 13.8. The van der Waals surface area contributed by atoms with Gasteiger partial charge in [-0.15, -0.1) is 0 Å². The molecule has 24 heavy (non-hydrogen) atoms.